The van der Waals surface area contributed by atoms with Gasteiger partial charge in [0.05, 0.1) is 6.54 Å². The highest BCUT2D eigenvalue weighted by molar-refractivity contribution is 9.10. The standard InChI is InChI=1S/C14H20BrN3O.ClH/c1-10-7-11(3-4-13(10)15)17-14(19)9-18(2)12-5-6-16-8-12;/h3-4,7,12,16H,5-6,8-9H2,1-2H3,(H,17,19);1H. The lowest BCUT2D eigenvalue weighted by Gasteiger charge is -2.22. The highest BCUT2D eigenvalue weighted by Crippen LogP contribution is 2.20. The number of carbonyl (C=O) groups excluding carboxylic acids is 1. The number of amides is 1. The average molecular weight is 363 g/mol. The zero-order chi connectivity index (χ0) is 13.8. The van der Waals surface area contributed by atoms with E-state index < -0.39 is 0 Å². The van der Waals surface area contributed by atoms with Crippen LogP contribution in [0, 0.1) is 6.92 Å². The number of hydrogen-bond donors (Lipinski definition) is 2. The fourth-order valence-corrected chi connectivity index (χ4v) is 2.54. The van der Waals surface area contributed by atoms with Gasteiger partial charge in [-0.15, -0.1) is 12.4 Å². The van der Waals surface area contributed by atoms with Gasteiger partial charge in [-0.05, 0) is 50.7 Å². The van der Waals surface area contributed by atoms with Crippen molar-refractivity contribution in [2.24, 2.45) is 0 Å². The molecule has 1 saturated heterocycles. The van der Waals surface area contributed by atoms with E-state index in [0.29, 0.717) is 12.6 Å². The summed E-state index contributed by atoms with van der Waals surface area (Å²) in [7, 11) is 2.00. The quantitative estimate of drug-likeness (QED) is 0.864. The molecule has 0 aliphatic carbocycles. The van der Waals surface area contributed by atoms with E-state index in [1.807, 2.05) is 32.2 Å². The maximum atomic E-state index is 12.0. The summed E-state index contributed by atoms with van der Waals surface area (Å²) in [6.45, 7) is 4.46. The highest BCUT2D eigenvalue weighted by atomic mass is 79.9. The van der Waals surface area contributed by atoms with E-state index in [2.05, 4.69) is 31.5 Å². The van der Waals surface area contributed by atoms with E-state index in [9.17, 15) is 4.79 Å². The first-order chi connectivity index (χ1) is 9.06. The third-order valence-electron chi connectivity index (χ3n) is 3.49. The number of carbonyl (C=O) groups is 1. The molecule has 0 spiro atoms. The summed E-state index contributed by atoms with van der Waals surface area (Å²) in [6.07, 6.45) is 1.11. The maximum Gasteiger partial charge on any atom is 0.238 e. The Morgan fingerprint density at radius 2 is 2.30 bits per heavy atom. The molecule has 1 aliphatic heterocycles. The summed E-state index contributed by atoms with van der Waals surface area (Å²) in [5, 5.41) is 6.25. The van der Waals surface area contributed by atoms with Crippen LogP contribution in [0.2, 0.25) is 0 Å². The predicted octanol–water partition coefficient (Wildman–Crippen LogP) is 2.41. The Bertz CT molecular complexity index is 464. The number of halogens is 2. The van der Waals surface area contributed by atoms with Crippen molar-refractivity contribution in [3.05, 3.63) is 28.2 Å². The van der Waals surface area contributed by atoms with Crippen LogP contribution in [0.15, 0.2) is 22.7 Å². The number of hydrogen-bond acceptors (Lipinski definition) is 3. The Balaban J connectivity index is 0.00000200. The number of nitrogens with one attached hydrogen (secondary N) is 2. The van der Waals surface area contributed by atoms with Crippen molar-refractivity contribution in [3.8, 4) is 0 Å². The molecule has 2 rings (SSSR count). The van der Waals surface area contributed by atoms with Gasteiger partial charge in [0.1, 0.15) is 0 Å². The van der Waals surface area contributed by atoms with Gasteiger partial charge in [-0.25, -0.2) is 0 Å². The Morgan fingerprint density at radius 1 is 1.55 bits per heavy atom. The lowest BCUT2D eigenvalue weighted by atomic mass is 10.2. The Labute approximate surface area is 134 Å². The van der Waals surface area contributed by atoms with Gasteiger partial charge in [0.15, 0.2) is 0 Å². The second-order valence-corrected chi connectivity index (χ2v) is 5.93. The zero-order valence-corrected chi connectivity index (χ0v) is 14.2. The molecule has 2 N–H and O–H groups in total. The summed E-state index contributed by atoms with van der Waals surface area (Å²) >= 11 is 3.45. The molecule has 1 aliphatic rings. The molecule has 1 aromatic carbocycles. The van der Waals surface area contributed by atoms with Crippen LogP contribution < -0.4 is 10.6 Å². The van der Waals surface area contributed by atoms with Crippen LogP contribution in [-0.2, 0) is 4.79 Å². The molecular weight excluding hydrogens is 342 g/mol. The molecule has 1 atom stereocenters. The molecule has 6 heteroatoms. The summed E-state index contributed by atoms with van der Waals surface area (Å²) in [6, 6.07) is 6.30. The molecule has 1 amide bonds. The molecule has 20 heavy (non-hydrogen) atoms. The topological polar surface area (TPSA) is 44.4 Å². The lowest BCUT2D eigenvalue weighted by Crippen LogP contribution is -2.39. The summed E-state index contributed by atoms with van der Waals surface area (Å²) in [4.78, 5) is 14.1. The maximum absolute atomic E-state index is 12.0. The number of benzene rings is 1. The zero-order valence-electron chi connectivity index (χ0n) is 11.8. The molecule has 0 bridgehead atoms. The van der Waals surface area contributed by atoms with Crippen molar-refractivity contribution in [1.29, 1.82) is 0 Å². The van der Waals surface area contributed by atoms with Crippen molar-refractivity contribution >= 4 is 39.9 Å². The number of likely N-dealkylation sites (N-methyl/N-ethyl adjacent to an activating group) is 1. The van der Waals surface area contributed by atoms with Gasteiger partial charge < -0.3 is 10.6 Å². The van der Waals surface area contributed by atoms with Crippen LogP contribution >= 0.6 is 28.3 Å². The first-order valence-corrected chi connectivity index (χ1v) is 7.32. The Kier molecular flexibility index (Phi) is 6.95. The fourth-order valence-electron chi connectivity index (χ4n) is 2.29. The smallest absolute Gasteiger partial charge is 0.238 e. The number of aryl methyl sites for hydroxylation is 1. The Morgan fingerprint density at radius 3 is 2.90 bits per heavy atom. The van der Waals surface area contributed by atoms with Gasteiger partial charge in [0.2, 0.25) is 5.91 Å². The minimum Gasteiger partial charge on any atom is -0.325 e. The van der Waals surface area contributed by atoms with Gasteiger partial charge in [0, 0.05) is 22.7 Å². The highest BCUT2D eigenvalue weighted by Gasteiger charge is 2.20. The lowest BCUT2D eigenvalue weighted by molar-refractivity contribution is -0.117. The van der Waals surface area contributed by atoms with Gasteiger partial charge in [-0.1, -0.05) is 15.9 Å². The predicted molar refractivity (Wildman–Crippen MR) is 88.7 cm³/mol. The molecule has 4 nitrogen and oxygen atoms in total. The fraction of sp³-hybridized carbons (Fsp3) is 0.500. The average Bonchev–Trinajstić information content (AvgIpc) is 2.87. The third-order valence-corrected chi connectivity index (χ3v) is 4.38. The van der Waals surface area contributed by atoms with E-state index in [1.165, 1.54) is 0 Å². The van der Waals surface area contributed by atoms with Crippen LogP contribution in [0.3, 0.4) is 0 Å². The first-order valence-electron chi connectivity index (χ1n) is 6.53. The Hall–Kier alpha value is -0.620. The van der Waals surface area contributed by atoms with Gasteiger partial charge in [-0.3, -0.25) is 9.69 Å². The molecule has 1 heterocycles. The van der Waals surface area contributed by atoms with Crippen LogP contribution in [0.4, 0.5) is 5.69 Å². The molecule has 1 aromatic rings. The SMILES string of the molecule is Cc1cc(NC(=O)CN(C)C2CCNC2)ccc1Br.Cl. The van der Waals surface area contributed by atoms with Crippen LogP contribution in [0.5, 0.6) is 0 Å². The second kappa shape index (κ2) is 7.98. The van der Waals surface area contributed by atoms with Crippen molar-refractivity contribution in [3.63, 3.8) is 0 Å². The first kappa shape index (κ1) is 17.4. The largest absolute Gasteiger partial charge is 0.325 e. The normalized spacial score (nSPS) is 17.9. The molecule has 0 aromatic heterocycles. The molecular formula is C14H21BrClN3O. The van der Waals surface area contributed by atoms with E-state index >= 15 is 0 Å². The number of nitrogens with zero attached hydrogens (tertiary/aromatic N) is 1. The van der Waals surface area contributed by atoms with E-state index in [1.54, 1.807) is 0 Å². The van der Waals surface area contributed by atoms with Gasteiger partial charge in [0.25, 0.3) is 0 Å². The van der Waals surface area contributed by atoms with Crippen LogP contribution in [0.1, 0.15) is 12.0 Å². The van der Waals surface area contributed by atoms with Crippen molar-refractivity contribution in [2.45, 2.75) is 19.4 Å². The van der Waals surface area contributed by atoms with E-state index in [4.69, 9.17) is 0 Å². The minimum absolute atomic E-state index is 0. The summed E-state index contributed by atoms with van der Waals surface area (Å²) in [5.74, 6) is 0.0381. The number of rotatable bonds is 4. The molecule has 0 saturated carbocycles. The monoisotopic (exact) mass is 361 g/mol. The third kappa shape index (κ3) is 4.74. The second-order valence-electron chi connectivity index (χ2n) is 5.07. The van der Waals surface area contributed by atoms with Crippen molar-refractivity contribution < 1.29 is 4.79 Å². The summed E-state index contributed by atoms with van der Waals surface area (Å²) in [5.41, 5.74) is 1.97. The van der Waals surface area contributed by atoms with Crippen LogP contribution in [-0.4, -0.2) is 43.5 Å². The van der Waals surface area contributed by atoms with E-state index in [0.717, 1.165) is 35.2 Å². The van der Waals surface area contributed by atoms with Crippen LogP contribution in [0.25, 0.3) is 0 Å². The summed E-state index contributed by atoms with van der Waals surface area (Å²) < 4.78 is 1.06. The van der Waals surface area contributed by atoms with Gasteiger partial charge in [-0.2, -0.15) is 0 Å². The molecule has 0 radical (unpaired) electrons. The van der Waals surface area contributed by atoms with Crippen molar-refractivity contribution in [2.75, 3.05) is 32.0 Å². The molecule has 1 fully saturated rings. The minimum atomic E-state index is 0. The molecule has 1 unspecified atom stereocenters. The van der Waals surface area contributed by atoms with Crippen molar-refractivity contribution in [1.82, 2.24) is 10.2 Å². The van der Waals surface area contributed by atoms with E-state index in [-0.39, 0.29) is 18.3 Å². The molecule has 112 valence electrons. The van der Waals surface area contributed by atoms with Gasteiger partial charge >= 0.3 is 0 Å². The number of anilines is 1.